The molecule has 0 spiro atoms. The van der Waals surface area contributed by atoms with Crippen LogP contribution in [0, 0.1) is 18.8 Å². The molecule has 2 heterocycles. The van der Waals surface area contributed by atoms with Crippen molar-refractivity contribution in [3.8, 4) is 0 Å². The first-order valence-electron chi connectivity index (χ1n) is 5.48. The molecule has 0 radical (unpaired) electrons. The SMILES string of the molecule is Cc1cc(S(=O)(=O)NC2C3CNCC32)sc1Br. The lowest BCUT2D eigenvalue weighted by molar-refractivity contribution is 0.567. The van der Waals surface area contributed by atoms with E-state index in [4.69, 9.17) is 0 Å². The van der Waals surface area contributed by atoms with Gasteiger partial charge in [-0.25, -0.2) is 13.1 Å². The van der Waals surface area contributed by atoms with Crippen molar-refractivity contribution in [2.45, 2.75) is 17.2 Å². The summed E-state index contributed by atoms with van der Waals surface area (Å²) in [6, 6.07) is 1.86. The fourth-order valence-electron chi connectivity index (χ4n) is 2.39. The van der Waals surface area contributed by atoms with Crippen LogP contribution in [0.1, 0.15) is 5.56 Å². The first kappa shape index (κ1) is 12.1. The van der Waals surface area contributed by atoms with E-state index in [1.165, 1.54) is 11.3 Å². The van der Waals surface area contributed by atoms with E-state index >= 15 is 0 Å². The van der Waals surface area contributed by atoms with E-state index in [0.717, 1.165) is 22.4 Å². The number of halogens is 1. The number of thiophene rings is 1. The van der Waals surface area contributed by atoms with E-state index in [1.54, 1.807) is 6.07 Å². The molecule has 1 aliphatic carbocycles. The lowest BCUT2D eigenvalue weighted by atomic mass is 10.4. The highest BCUT2D eigenvalue weighted by atomic mass is 79.9. The maximum atomic E-state index is 12.1. The summed E-state index contributed by atoms with van der Waals surface area (Å²) in [6.45, 7) is 3.77. The molecule has 1 saturated heterocycles. The first-order chi connectivity index (χ1) is 7.99. The minimum absolute atomic E-state index is 0.141. The Bertz CT molecular complexity index is 525. The molecule has 2 aliphatic rings. The normalized spacial score (nSPS) is 31.5. The van der Waals surface area contributed by atoms with Crippen LogP contribution in [0.25, 0.3) is 0 Å². The third-order valence-corrected chi connectivity index (χ3v) is 7.55. The smallest absolute Gasteiger partial charge is 0.250 e. The number of hydrogen-bond acceptors (Lipinski definition) is 4. The second kappa shape index (κ2) is 4.03. The molecule has 2 unspecified atom stereocenters. The highest BCUT2D eigenvalue weighted by molar-refractivity contribution is 9.11. The van der Waals surface area contributed by atoms with Gasteiger partial charge in [0.1, 0.15) is 4.21 Å². The summed E-state index contributed by atoms with van der Waals surface area (Å²) in [7, 11) is -3.33. The van der Waals surface area contributed by atoms with Gasteiger partial charge in [-0.2, -0.15) is 0 Å². The Balaban J connectivity index is 1.78. The fraction of sp³-hybridized carbons (Fsp3) is 0.600. The van der Waals surface area contributed by atoms with Gasteiger partial charge in [0, 0.05) is 6.04 Å². The number of hydrogen-bond donors (Lipinski definition) is 2. The minimum Gasteiger partial charge on any atom is -0.316 e. The zero-order valence-electron chi connectivity index (χ0n) is 9.23. The summed E-state index contributed by atoms with van der Waals surface area (Å²) in [5.41, 5.74) is 0.966. The van der Waals surface area contributed by atoms with Gasteiger partial charge in [-0.05, 0) is 59.4 Å². The average Bonchev–Trinajstić information content (AvgIpc) is 2.69. The summed E-state index contributed by atoms with van der Waals surface area (Å²) < 4.78 is 28.4. The molecule has 1 aliphatic heterocycles. The standard InChI is InChI=1S/C10H13BrN2O2S2/c1-5-2-8(16-10(5)11)17(14,15)13-9-6-3-12-4-7(6)9/h2,6-7,9,12-13H,3-4H2,1H3. The predicted molar refractivity (Wildman–Crippen MR) is 70.7 cm³/mol. The van der Waals surface area contributed by atoms with Crippen LogP contribution in [0.3, 0.4) is 0 Å². The molecule has 7 heteroatoms. The number of piperidine rings is 1. The van der Waals surface area contributed by atoms with Crippen molar-refractivity contribution in [2.75, 3.05) is 13.1 Å². The number of sulfonamides is 1. The molecule has 2 fully saturated rings. The molecule has 4 nitrogen and oxygen atoms in total. The van der Waals surface area contributed by atoms with E-state index in [-0.39, 0.29) is 6.04 Å². The van der Waals surface area contributed by atoms with Gasteiger partial charge in [0.05, 0.1) is 3.79 Å². The van der Waals surface area contributed by atoms with E-state index < -0.39 is 10.0 Å². The van der Waals surface area contributed by atoms with Crippen LogP contribution in [0.15, 0.2) is 14.1 Å². The second-order valence-corrected chi connectivity index (χ2v) is 8.97. The fourth-order valence-corrected chi connectivity index (χ4v) is 5.98. The van der Waals surface area contributed by atoms with Crippen molar-refractivity contribution in [3.05, 3.63) is 15.4 Å². The Labute approximate surface area is 113 Å². The molecule has 0 aromatic carbocycles. The molecule has 94 valence electrons. The summed E-state index contributed by atoms with van der Waals surface area (Å²) in [5.74, 6) is 0.989. The van der Waals surface area contributed by atoms with Crippen LogP contribution >= 0.6 is 27.3 Å². The molecule has 2 atom stereocenters. The van der Waals surface area contributed by atoms with Gasteiger partial charge in [-0.3, -0.25) is 0 Å². The molecular weight excluding hydrogens is 324 g/mol. The van der Waals surface area contributed by atoms with E-state index in [1.807, 2.05) is 6.92 Å². The lowest BCUT2D eigenvalue weighted by Crippen LogP contribution is -2.32. The van der Waals surface area contributed by atoms with Gasteiger partial charge in [0.15, 0.2) is 0 Å². The Morgan fingerprint density at radius 3 is 2.65 bits per heavy atom. The van der Waals surface area contributed by atoms with Crippen LogP contribution in [0.4, 0.5) is 0 Å². The lowest BCUT2D eigenvalue weighted by Gasteiger charge is -2.06. The third kappa shape index (κ3) is 2.08. The topological polar surface area (TPSA) is 58.2 Å². The minimum atomic E-state index is -3.33. The largest absolute Gasteiger partial charge is 0.316 e. The summed E-state index contributed by atoms with van der Waals surface area (Å²) in [5, 5.41) is 3.25. The summed E-state index contributed by atoms with van der Waals surface area (Å²) in [6.07, 6.45) is 0. The van der Waals surface area contributed by atoms with Crippen molar-refractivity contribution >= 4 is 37.3 Å². The average molecular weight is 337 g/mol. The Morgan fingerprint density at radius 2 is 2.12 bits per heavy atom. The number of rotatable bonds is 3. The van der Waals surface area contributed by atoms with Crippen LogP contribution < -0.4 is 10.0 Å². The molecule has 1 aromatic heterocycles. The summed E-state index contributed by atoms with van der Waals surface area (Å²) >= 11 is 4.62. The maximum absolute atomic E-state index is 12.1. The molecule has 3 rings (SSSR count). The second-order valence-electron chi connectivity index (χ2n) is 4.66. The van der Waals surface area contributed by atoms with Gasteiger partial charge < -0.3 is 5.32 Å². The monoisotopic (exact) mass is 336 g/mol. The number of nitrogens with one attached hydrogen (secondary N) is 2. The van der Waals surface area contributed by atoms with Gasteiger partial charge in [0.2, 0.25) is 10.0 Å². The van der Waals surface area contributed by atoms with Crippen molar-refractivity contribution in [1.29, 1.82) is 0 Å². The maximum Gasteiger partial charge on any atom is 0.250 e. The highest BCUT2D eigenvalue weighted by Gasteiger charge is 2.54. The van der Waals surface area contributed by atoms with Crippen LogP contribution in [-0.2, 0) is 10.0 Å². The van der Waals surface area contributed by atoms with Gasteiger partial charge in [-0.15, -0.1) is 11.3 Å². The van der Waals surface area contributed by atoms with Crippen molar-refractivity contribution in [1.82, 2.24) is 10.0 Å². The van der Waals surface area contributed by atoms with Crippen LogP contribution in [0.5, 0.6) is 0 Å². The van der Waals surface area contributed by atoms with E-state index in [0.29, 0.717) is 16.0 Å². The van der Waals surface area contributed by atoms with Gasteiger partial charge in [0.25, 0.3) is 0 Å². The van der Waals surface area contributed by atoms with Gasteiger partial charge in [-0.1, -0.05) is 0 Å². The van der Waals surface area contributed by atoms with Gasteiger partial charge >= 0.3 is 0 Å². The van der Waals surface area contributed by atoms with E-state index in [2.05, 4.69) is 26.0 Å². The van der Waals surface area contributed by atoms with Crippen LogP contribution in [-0.4, -0.2) is 27.5 Å². The zero-order valence-corrected chi connectivity index (χ0v) is 12.5. The van der Waals surface area contributed by atoms with Crippen molar-refractivity contribution in [2.24, 2.45) is 11.8 Å². The highest BCUT2D eigenvalue weighted by Crippen LogP contribution is 2.43. The zero-order chi connectivity index (χ0) is 12.2. The molecule has 0 amide bonds. The Hall–Kier alpha value is 0.0500. The Kier molecular flexibility index (Phi) is 2.87. The number of aryl methyl sites for hydroxylation is 1. The molecule has 17 heavy (non-hydrogen) atoms. The molecule has 2 N–H and O–H groups in total. The third-order valence-electron chi connectivity index (χ3n) is 3.48. The van der Waals surface area contributed by atoms with E-state index in [9.17, 15) is 8.42 Å². The first-order valence-corrected chi connectivity index (χ1v) is 8.57. The molecule has 1 aromatic rings. The van der Waals surface area contributed by atoms with Crippen molar-refractivity contribution in [3.63, 3.8) is 0 Å². The van der Waals surface area contributed by atoms with Crippen molar-refractivity contribution < 1.29 is 8.42 Å². The molecular formula is C10H13BrN2O2S2. The Morgan fingerprint density at radius 1 is 1.47 bits per heavy atom. The molecule has 1 saturated carbocycles. The predicted octanol–water partition coefficient (Wildman–Crippen LogP) is 1.32. The quantitative estimate of drug-likeness (QED) is 0.875. The van der Waals surface area contributed by atoms with Crippen LogP contribution in [0.2, 0.25) is 0 Å². The summed E-state index contributed by atoms with van der Waals surface area (Å²) in [4.78, 5) is 0. The molecule has 0 bridgehead atoms. The number of fused-ring (bicyclic) bond motifs is 1.